The fraction of sp³-hybridized carbons (Fsp3) is 0.950. The number of carbonyl (C=O) groups is 1. The number of rotatable bonds is 18. The summed E-state index contributed by atoms with van der Waals surface area (Å²) in [6, 6.07) is 0. The Balaban J connectivity index is 0. The SMILES string of the molecule is CCCCCCCCCCCCCCCCCCCC(=O)O.[NaH]. The van der Waals surface area contributed by atoms with Crippen molar-refractivity contribution in [2.24, 2.45) is 0 Å². The third-order valence-corrected chi connectivity index (χ3v) is 4.49. The second-order valence-electron chi connectivity index (χ2n) is 6.80. The zero-order valence-corrected chi connectivity index (χ0v) is 15.1. The van der Waals surface area contributed by atoms with Crippen LogP contribution in [0.4, 0.5) is 0 Å². The molecule has 0 amide bonds. The van der Waals surface area contributed by atoms with Gasteiger partial charge in [0.05, 0.1) is 0 Å². The fourth-order valence-corrected chi connectivity index (χ4v) is 3.00. The zero-order chi connectivity index (χ0) is 16.3. The van der Waals surface area contributed by atoms with Crippen molar-refractivity contribution in [1.29, 1.82) is 0 Å². The maximum atomic E-state index is 10.4. The van der Waals surface area contributed by atoms with Crippen LogP contribution in [-0.2, 0) is 4.79 Å². The van der Waals surface area contributed by atoms with Crippen molar-refractivity contribution in [2.45, 2.75) is 122 Å². The number of carboxylic acid groups (broad SMARTS) is 1. The molecule has 0 rings (SSSR count). The number of aliphatic carboxylic acids is 1. The molecule has 1 N–H and O–H groups in total. The summed E-state index contributed by atoms with van der Waals surface area (Å²) >= 11 is 0. The van der Waals surface area contributed by atoms with Crippen LogP contribution >= 0.6 is 0 Å². The van der Waals surface area contributed by atoms with Gasteiger partial charge in [0, 0.05) is 6.42 Å². The first-order chi connectivity index (χ1) is 10.8. The Bertz CT molecular complexity index is 232. The standard InChI is InChI=1S/C20H40O2.Na.H/c1-2-3-4-5-6-7-8-9-10-11-12-13-14-15-16-17-18-19-20(21)22;;/h2-19H2,1H3,(H,21,22);;. The Morgan fingerprint density at radius 2 is 0.826 bits per heavy atom. The molecule has 0 aliphatic heterocycles. The van der Waals surface area contributed by atoms with Crippen molar-refractivity contribution in [3.63, 3.8) is 0 Å². The first-order valence-corrected chi connectivity index (χ1v) is 9.99. The van der Waals surface area contributed by atoms with E-state index in [1.54, 1.807) is 0 Å². The minimum absolute atomic E-state index is 0. The first-order valence-electron chi connectivity index (χ1n) is 9.99. The summed E-state index contributed by atoms with van der Waals surface area (Å²) in [6.07, 6.45) is 23.1. The molecule has 0 aliphatic rings. The van der Waals surface area contributed by atoms with Gasteiger partial charge in [-0.3, -0.25) is 4.79 Å². The van der Waals surface area contributed by atoms with Gasteiger partial charge in [-0.15, -0.1) is 0 Å². The molecular weight excluding hydrogens is 295 g/mol. The van der Waals surface area contributed by atoms with E-state index in [0.29, 0.717) is 6.42 Å². The molecule has 23 heavy (non-hydrogen) atoms. The van der Waals surface area contributed by atoms with Crippen LogP contribution in [0.5, 0.6) is 0 Å². The van der Waals surface area contributed by atoms with Crippen molar-refractivity contribution in [2.75, 3.05) is 0 Å². The molecule has 0 atom stereocenters. The van der Waals surface area contributed by atoms with Crippen LogP contribution in [0.25, 0.3) is 0 Å². The second-order valence-corrected chi connectivity index (χ2v) is 6.80. The molecule has 0 unspecified atom stereocenters. The predicted octanol–water partition coefficient (Wildman–Crippen LogP) is 6.46. The summed E-state index contributed by atoms with van der Waals surface area (Å²) in [5, 5.41) is 8.54. The second kappa shape index (κ2) is 22.5. The number of hydrogen-bond donors (Lipinski definition) is 1. The van der Waals surface area contributed by atoms with Crippen molar-refractivity contribution >= 4 is 35.5 Å². The van der Waals surface area contributed by atoms with E-state index in [1.807, 2.05) is 0 Å². The van der Waals surface area contributed by atoms with Gasteiger partial charge in [-0.1, -0.05) is 110 Å². The van der Waals surface area contributed by atoms with Gasteiger partial charge in [0.2, 0.25) is 0 Å². The Morgan fingerprint density at radius 3 is 1.09 bits per heavy atom. The third-order valence-electron chi connectivity index (χ3n) is 4.49. The summed E-state index contributed by atoms with van der Waals surface area (Å²) in [5.74, 6) is -0.652. The van der Waals surface area contributed by atoms with Crippen molar-refractivity contribution < 1.29 is 9.90 Å². The van der Waals surface area contributed by atoms with Crippen molar-refractivity contribution in [1.82, 2.24) is 0 Å². The number of hydrogen-bond acceptors (Lipinski definition) is 1. The van der Waals surface area contributed by atoms with Crippen LogP contribution in [0, 0.1) is 0 Å². The molecule has 2 nitrogen and oxygen atoms in total. The number of carboxylic acids is 1. The molecule has 0 fully saturated rings. The number of unbranched alkanes of at least 4 members (excludes halogenated alkanes) is 16. The van der Waals surface area contributed by atoms with Gasteiger partial charge in [-0.2, -0.15) is 0 Å². The van der Waals surface area contributed by atoms with Gasteiger partial charge in [-0.25, -0.2) is 0 Å². The Kier molecular flexibility index (Phi) is 25.1. The monoisotopic (exact) mass is 336 g/mol. The van der Waals surface area contributed by atoms with E-state index >= 15 is 0 Å². The van der Waals surface area contributed by atoms with E-state index in [1.165, 1.54) is 96.3 Å². The van der Waals surface area contributed by atoms with E-state index < -0.39 is 5.97 Å². The molecule has 0 heterocycles. The summed E-state index contributed by atoms with van der Waals surface area (Å²) < 4.78 is 0. The topological polar surface area (TPSA) is 37.3 Å². The van der Waals surface area contributed by atoms with E-state index in [9.17, 15) is 4.79 Å². The van der Waals surface area contributed by atoms with E-state index in [-0.39, 0.29) is 29.6 Å². The summed E-state index contributed by atoms with van der Waals surface area (Å²) in [4.78, 5) is 10.4. The van der Waals surface area contributed by atoms with Gasteiger partial charge in [-0.05, 0) is 6.42 Å². The quantitative estimate of drug-likeness (QED) is 0.230. The molecule has 0 saturated heterocycles. The maximum absolute atomic E-state index is 10.4. The molecular formula is C20H41NaO2. The Hall–Kier alpha value is 0.470. The van der Waals surface area contributed by atoms with Crippen LogP contribution < -0.4 is 0 Å². The van der Waals surface area contributed by atoms with Gasteiger partial charge < -0.3 is 5.11 Å². The molecule has 0 aliphatic carbocycles. The molecule has 134 valence electrons. The molecule has 0 saturated carbocycles. The third kappa shape index (κ3) is 24.8. The van der Waals surface area contributed by atoms with Crippen molar-refractivity contribution in [3.8, 4) is 0 Å². The van der Waals surface area contributed by atoms with Gasteiger partial charge in [0.25, 0.3) is 0 Å². The van der Waals surface area contributed by atoms with Gasteiger partial charge >= 0.3 is 35.5 Å². The molecule has 0 bridgehead atoms. The molecule has 3 heteroatoms. The molecule has 0 radical (unpaired) electrons. The average Bonchev–Trinajstić information content (AvgIpc) is 2.50. The average molecular weight is 337 g/mol. The normalized spacial score (nSPS) is 10.5. The minimum atomic E-state index is -0.652. The van der Waals surface area contributed by atoms with Crippen molar-refractivity contribution in [3.05, 3.63) is 0 Å². The van der Waals surface area contributed by atoms with Crippen LogP contribution in [-0.4, -0.2) is 40.6 Å². The van der Waals surface area contributed by atoms with Crippen LogP contribution in [0.15, 0.2) is 0 Å². The van der Waals surface area contributed by atoms with Crippen LogP contribution in [0.1, 0.15) is 122 Å². The van der Waals surface area contributed by atoms with E-state index in [2.05, 4.69) is 6.92 Å². The summed E-state index contributed by atoms with van der Waals surface area (Å²) in [5.41, 5.74) is 0. The molecule has 0 aromatic carbocycles. The summed E-state index contributed by atoms with van der Waals surface area (Å²) in [7, 11) is 0. The van der Waals surface area contributed by atoms with Gasteiger partial charge in [0.1, 0.15) is 0 Å². The summed E-state index contributed by atoms with van der Waals surface area (Å²) in [6.45, 7) is 2.28. The predicted molar refractivity (Wildman–Crippen MR) is 104 cm³/mol. The van der Waals surface area contributed by atoms with Gasteiger partial charge in [0.15, 0.2) is 0 Å². The van der Waals surface area contributed by atoms with E-state index in [0.717, 1.165) is 12.8 Å². The zero-order valence-electron chi connectivity index (χ0n) is 15.1. The molecule has 0 aromatic heterocycles. The van der Waals surface area contributed by atoms with Crippen LogP contribution in [0.2, 0.25) is 0 Å². The first kappa shape index (κ1) is 25.7. The Labute approximate surface area is 167 Å². The van der Waals surface area contributed by atoms with Crippen LogP contribution in [0.3, 0.4) is 0 Å². The van der Waals surface area contributed by atoms with E-state index in [4.69, 9.17) is 5.11 Å². The Morgan fingerprint density at radius 1 is 0.565 bits per heavy atom. The molecule has 0 spiro atoms. The fourth-order valence-electron chi connectivity index (χ4n) is 3.00. The molecule has 0 aromatic rings.